The minimum absolute atomic E-state index is 0.130. The lowest BCUT2D eigenvalue weighted by atomic mass is 9.75. The number of carboxylic acid groups (broad SMARTS) is 1. The molecule has 0 aliphatic heterocycles. The van der Waals surface area contributed by atoms with Gasteiger partial charge in [-0.1, -0.05) is 77.3 Å². The first-order valence-electron chi connectivity index (χ1n) is 9.56. The third-order valence-corrected chi connectivity index (χ3v) is 4.95. The highest BCUT2D eigenvalue weighted by atomic mass is 16.4. The second kappa shape index (κ2) is 11.9. The van der Waals surface area contributed by atoms with Crippen molar-refractivity contribution in [2.75, 3.05) is 0 Å². The van der Waals surface area contributed by atoms with E-state index in [1.807, 2.05) is 0 Å². The molecule has 1 aliphatic rings. The molecule has 0 saturated heterocycles. The van der Waals surface area contributed by atoms with Crippen LogP contribution in [-0.2, 0) is 11.2 Å². The SMILES string of the molecule is CCCC1CCCCC1CCC.O=C(O)CCc1ccc(O)cc1. The first-order chi connectivity index (χ1) is 11.6. The molecule has 0 radical (unpaired) electrons. The summed E-state index contributed by atoms with van der Waals surface area (Å²) in [5.74, 6) is 1.57. The molecule has 2 atom stereocenters. The Morgan fingerprint density at radius 1 is 1.00 bits per heavy atom. The van der Waals surface area contributed by atoms with E-state index in [0.29, 0.717) is 6.42 Å². The smallest absolute Gasteiger partial charge is 0.303 e. The van der Waals surface area contributed by atoms with Gasteiger partial charge in [0.1, 0.15) is 5.75 Å². The third kappa shape index (κ3) is 8.37. The van der Waals surface area contributed by atoms with E-state index in [4.69, 9.17) is 10.2 Å². The lowest BCUT2D eigenvalue weighted by Crippen LogP contribution is -2.19. The van der Waals surface area contributed by atoms with Crippen LogP contribution >= 0.6 is 0 Å². The highest BCUT2D eigenvalue weighted by Crippen LogP contribution is 2.35. The Kier molecular flexibility index (Phi) is 10.2. The Morgan fingerprint density at radius 3 is 1.92 bits per heavy atom. The number of carboxylic acids is 1. The maximum atomic E-state index is 10.2. The van der Waals surface area contributed by atoms with Crippen LogP contribution in [-0.4, -0.2) is 16.2 Å². The maximum Gasteiger partial charge on any atom is 0.303 e. The largest absolute Gasteiger partial charge is 0.508 e. The van der Waals surface area contributed by atoms with Crippen molar-refractivity contribution in [2.45, 2.75) is 78.1 Å². The molecular weight excluding hydrogens is 300 g/mol. The zero-order chi connectivity index (χ0) is 17.8. The van der Waals surface area contributed by atoms with Gasteiger partial charge in [-0.25, -0.2) is 0 Å². The first-order valence-corrected chi connectivity index (χ1v) is 9.56. The molecule has 1 aromatic carbocycles. The van der Waals surface area contributed by atoms with Gasteiger partial charge in [-0.15, -0.1) is 0 Å². The lowest BCUT2D eigenvalue weighted by molar-refractivity contribution is -0.136. The summed E-state index contributed by atoms with van der Waals surface area (Å²) >= 11 is 0. The number of benzene rings is 1. The Bertz CT molecular complexity index is 435. The predicted molar refractivity (Wildman–Crippen MR) is 99.3 cm³/mol. The first kappa shape index (κ1) is 20.5. The van der Waals surface area contributed by atoms with Crippen LogP contribution in [0.3, 0.4) is 0 Å². The van der Waals surface area contributed by atoms with Crippen LogP contribution in [0.4, 0.5) is 0 Å². The molecular formula is C21H34O3. The standard InChI is InChI=1S/C12H24.C9H10O3/c1-3-7-11-9-5-6-10-12(11)8-4-2;10-8-4-1-7(2-5-8)3-6-9(11)12/h11-12H,3-10H2,1-2H3;1-2,4-5,10H,3,6H2,(H,11,12). The number of carbonyl (C=O) groups is 1. The fraction of sp³-hybridized carbons (Fsp3) is 0.667. The molecule has 2 unspecified atom stereocenters. The molecule has 2 rings (SSSR count). The van der Waals surface area contributed by atoms with Crippen molar-refractivity contribution in [3.63, 3.8) is 0 Å². The Labute approximate surface area is 147 Å². The zero-order valence-electron chi connectivity index (χ0n) is 15.3. The highest BCUT2D eigenvalue weighted by Gasteiger charge is 2.22. The number of aryl methyl sites for hydroxylation is 1. The third-order valence-electron chi connectivity index (χ3n) is 4.95. The van der Waals surface area contributed by atoms with Crippen LogP contribution in [0.2, 0.25) is 0 Å². The number of rotatable bonds is 7. The summed E-state index contributed by atoms with van der Waals surface area (Å²) in [5.41, 5.74) is 0.926. The number of phenolic OH excluding ortho intramolecular Hbond substituents is 1. The Morgan fingerprint density at radius 2 is 1.50 bits per heavy atom. The van der Waals surface area contributed by atoms with Crippen LogP contribution in [0.5, 0.6) is 5.75 Å². The van der Waals surface area contributed by atoms with Gasteiger partial charge >= 0.3 is 5.97 Å². The second-order valence-electron chi connectivity index (χ2n) is 6.94. The van der Waals surface area contributed by atoms with E-state index in [1.54, 1.807) is 24.3 Å². The molecule has 1 aliphatic carbocycles. The molecule has 3 heteroatoms. The maximum absolute atomic E-state index is 10.2. The molecule has 1 saturated carbocycles. The summed E-state index contributed by atoms with van der Waals surface area (Å²) in [5, 5.41) is 17.3. The van der Waals surface area contributed by atoms with E-state index >= 15 is 0 Å². The number of hydrogen-bond acceptors (Lipinski definition) is 2. The molecule has 0 spiro atoms. The van der Waals surface area contributed by atoms with Crippen LogP contribution in [0, 0.1) is 11.8 Å². The average molecular weight is 334 g/mol. The van der Waals surface area contributed by atoms with Gasteiger partial charge in [0.25, 0.3) is 0 Å². The summed E-state index contributed by atoms with van der Waals surface area (Å²) in [6.07, 6.45) is 12.5. The van der Waals surface area contributed by atoms with Gasteiger partial charge in [0.05, 0.1) is 0 Å². The zero-order valence-corrected chi connectivity index (χ0v) is 15.3. The molecule has 0 amide bonds. The van der Waals surface area contributed by atoms with Crippen molar-refractivity contribution < 1.29 is 15.0 Å². The van der Waals surface area contributed by atoms with Gasteiger partial charge in [0.2, 0.25) is 0 Å². The van der Waals surface area contributed by atoms with E-state index < -0.39 is 5.97 Å². The van der Waals surface area contributed by atoms with Crippen molar-refractivity contribution in [1.29, 1.82) is 0 Å². The Hall–Kier alpha value is -1.51. The van der Waals surface area contributed by atoms with Crippen LogP contribution < -0.4 is 0 Å². The fourth-order valence-corrected chi connectivity index (χ4v) is 3.70. The molecule has 3 nitrogen and oxygen atoms in total. The molecule has 0 heterocycles. The molecule has 1 fully saturated rings. The van der Waals surface area contributed by atoms with Gasteiger partial charge in [0.15, 0.2) is 0 Å². The summed E-state index contributed by atoms with van der Waals surface area (Å²) in [7, 11) is 0. The van der Waals surface area contributed by atoms with Gasteiger partial charge in [-0.2, -0.15) is 0 Å². The van der Waals surface area contributed by atoms with Gasteiger partial charge in [0, 0.05) is 6.42 Å². The van der Waals surface area contributed by atoms with Crippen LogP contribution in [0.15, 0.2) is 24.3 Å². The van der Waals surface area contributed by atoms with Gasteiger partial charge < -0.3 is 10.2 Å². The van der Waals surface area contributed by atoms with Crippen molar-refractivity contribution >= 4 is 5.97 Å². The van der Waals surface area contributed by atoms with Crippen LogP contribution in [0.25, 0.3) is 0 Å². The van der Waals surface area contributed by atoms with Crippen LogP contribution in [0.1, 0.15) is 77.2 Å². The van der Waals surface area contributed by atoms with E-state index in [9.17, 15) is 4.79 Å². The number of hydrogen-bond donors (Lipinski definition) is 2. The quantitative estimate of drug-likeness (QED) is 0.662. The predicted octanol–water partition coefficient (Wildman–Crippen LogP) is 5.80. The minimum atomic E-state index is -0.803. The van der Waals surface area contributed by atoms with E-state index in [1.165, 1.54) is 51.4 Å². The number of phenols is 1. The number of aromatic hydroxyl groups is 1. The van der Waals surface area contributed by atoms with E-state index in [0.717, 1.165) is 17.4 Å². The summed E-state index contributed by atoms with van der Waals surface area (Å²) in [4.78, 5) is 10.2. The van der Waals surface area contributed by atoms with Gasteiger partial charge in [-0.3, -0.25) is 4.79 Å². The normalized spacial score (nSPS) is 20.1. The summed E-state index contributed by atoms with van der Waals surface area (Å²) in [6.45, 7) is 4.66. The van der Waals surface area contributed by atoms with E-state index in [-0.39, 0.29) is 12.2 Å². The molecule has 0 bridgehead atoms. The highest BCUT2D eigenvalue weighted by molar-refractivity contribution is 5.67. The molecule has 1 aromatic rings. The van der Waals surface area contributed by atoms with Crippen molar-refractivity contribution in [3.8, 4) is 5.75 Å². The number of aliphatic carboxylic acids is 1. The van der Waals surface area contributed by atoms with Crippen molar-refractivity contribution in [1.82, 2.24) is 0 Å². The average Bonchev–Trinajstić information content (AvgIpc) is 2.57. The lowest BCUT2D eigenvalue weighted by Gasteiger charge is -2.31. The molecule has 24 heavy (non-hydrogen) atoms. The summed E-state index contributed by atoms with van der Waals surface area (Å²) in [6, 6.07) is 6.55. The fourth-order valence-electron chi connectivity index (χ4n) is 3.70. The Balaban J connectivity index is 0.000000240. The van der Waals surface area contributed by atoms with Crippen molar-refractivity contribution in [3.05, 3.63) is 29.8 Å². The molecule has 0 aromatic heterocycles. The molecule has 2 N–H and O–H groups in total. The molecule has 136 valence electrons. The second-order valence-corrected chi connectivity index (χ2v) is 6.94. The van der Waals surface area contributed by atoms with E-state index in [2.05, 4.69) is 13.8 Å². The summed E-state index contributed by atoms with van der Waals surface area (Å²) < 4.78 is 0. The van der Waals surface area contributed by atoms with Gasteiger partial charge in [-0.05, 0) is 36.0 Å². The monoisotopic (exact) mass is 334 g/mol. The topological polar surface area (TPSA) is 57.5 Å². The minimum Gasteiger partial charge on any atom is -0.508 e. The van der Waals surface area contributed by atoms with Crippen molar-refractivity contribution in [2.24, 2.45) is 11.8 Å².